The number of rotatable bonds is 5. The van der Waals surface area contributed by atoms with Crippen molar-refractivity contribution in [3.8, 4) is 5.75 Å². The van der Waals surface area contributed by atoms with Crippen LogP contribution in [0.5, 0.6) is 5.75 Å². The van der Waals surface area contributed by atoms with Crippen LogP contribution in [0.4, 0.5) is 11.4 Å². The van der Waals surface area contributed by atoms with Gasteiger partial charge < -0.3 is 15.4 Å². The summed E-state index contributed by atoms with van der Waals surface area (Å²) in [5.74, 6) is 0.0487. The molecule has 124 valence electrons. The molecule has 0 unspecified atom stereocenters. The van der Waals surface area contributed by atoms with Crippen molar-refractivity contribution in [2.75, 3.05) is 17.2 Å². The van der Waals surface area contributed by atoms with Gasteiger partial charge in [-0.2, -0.15) is 0 Å². The molecule has 2 N–H and O–H groups in total. The van der Waals surface area contributed by atoms with Crippen LogP contribution in [0.2, 0.25) is 0 Å². The van der Waals surface area contributed by atoms with Crippen LogP contribution in [0.25, 0.3) is 0 Å². The first-order valence-electron chi connectivity index (χ1n) is 7.47. The molecule has 0 saturated carbocycles. The van der Waals surface area contributed by atoms with E-state index in [0.29, 0.717) is 22.0 Å². The highest BCUT2D eigenvalue weighted by Gasteiger charge is 2.17. The van der Waals surface area contributed by atoms with Crippen molar-refractivity contribution in [1.29, 1.82) is 0 Å². The van der Waals surface area contributed by atoms with Gasteiger partial charge in [-0.15, -0.1) is 11.3 Å². The van der Waals surface area contributed by atoms with Gasteiger partial charge in [-0.05, 0) is 37.3 Å². The number of hydrogen-bond acceptors (Lipinski definition) is 5. The lowest BCUT2D eigenvalue weighted by Crippen LogP contribution is -2.25. The maximum atomic E-state index is 12.0. The molecule has 24 heavy (non-hydrogen) atoms. The molecule has 0 fully saturated rings. The van der Waals surface area contributed by atoms with Gasteiger partial charge in [0.05, 0.1) is 10.6 Å². The van der Waals surface area contributed by atoms with E-state index in [1.807, 2.05) is 13.0 Å². The number of ether oxygens (including phenoxy) is 1. The second-order valence-electron chi connectivity index (χ2n) is 5.43. The van der Waals surface area contributed by atoms with E-state index in [1.165, 1.54) is 11.3 Å². The molecule has 1 aromatic carbocycles. The lowest BCUT2D eigenvalue weighted by atomic mass is 10.1. The predicted molar refractivity (Wildman–Crippen MR) is 91.8 cm³/mol. The van der Waals surface area contributed by atoms with Gasteiger partial charge in [0.2, 0.25) is 5.91 Å². The van der Waals surface area contributed by atoms with Gasteiger partial charge in [0, 0.05) is 23.4 Å². The molecule has 1 aliphatic rings. The van der Waals surface area contributed by atoms with Crippen molar-refractivity contribution in [2.45, 2.75) is 19.8 Å². The average Bonchev–Trinajstić information content (AvgIpc) is 2.99. The number of ketones is 1. The Morgan fingerprint density at radius 2 is 2.08 bits per heavy atom. The Hall–Kier alpha value is -2.67. The quantitative estimate of drug-likeness (QED) is 0.817. The van der Waals surface area contributed by atoms with E-state index in [0.717, 1.165) is 4.88 Å². The summed E-state index contributed by atoms with van der Waals surface area (Å²) in [6.07, 6.45) is 0.270. The summed E-state index contributed by atoms with van der Waals surface area (Å²) in [4.78, 5) is 37.1. The summed E-state index contributed by atoms with van der Waals surface area (Å²) in [7, 11) is 0. The summed E-state index contributed by atoms with van der Waals surface area (Å²) in [5.41, 5.74) is 1.07. The first kappa shape index (κ1) is 16.2. The number of carbonyl (C=O) groups is 3. The van der Waals surface area contributed by atoms with Crippen LogP contribution in [-0.2, 0) is 9.59 Å². The topological polar surface area (TPSA) is 84.5 Å². The molecule has 3 rings (SSSR count). The summed E-state index contributed by atoms with van der Waals surface area (Å²) >= 11 is 1.43. The van der Waals surface area contributed by atoms with Gasteiger partial charge in [-0.3, -0.25) is 14.4 Å². The van der Waals surface area contributed by atoms with Crippen LogP contribution in [-0.4, -0.2) is 24.2 Å². The van der Waals surface area contributed by atoms with E-state index in [4.69, 9.17) is 4.74 Å². The van der Waals surface area contributed by atoms with Crippen molar-refractivity contribution < 1.29 is 19.1 Å². The largest absolute Gasteiger partial charge is 0.482 e. The van der Waals surface area contributed by atoms with Crippen LogP contribution in [0, 0.1) is 6.92 Å². The molecule has 7 heteroatoms. The average molecular weight is 344 g/mol. The van der Waals surface area contributed by atoms with Gasteiger partial charge in [-0.25, -0.2) is 0 Å². The number of fused-ring (bicyclic) bond motifs is 1. The third-order valence-electron chi connectivity index (χ3n) is 3.49. The molecule has 0 aliphatic carbocycles. The number of hydrogen-bond donors (Lipinski definition) is 2. The third kappa shape index (κ3) is 3.80. The predicted octanol–water partition coefficient (Wildman–Crippen LogP) is 2.99. The molecule has 0 radical (unpaired) electrons. The van der Waals surface area contributed by atoms with Crippen molar-refractivity contribution in [3.63, 3.8) is 0 Å². The van der Waals surface area contributed by atoms with Crippen LogP contribution in [0.3, 0.4) is 0 Å². The minimum absolute atomic E-state index is 0.0109. The van der Waals surface area contributed by atoms with E-state index in [2.05, 4.69) is 10.6 Å². The Morgan fingerprint density at radius 1 is 1.25 bits per heavy atom. The fraction of sp³-hybridized carbons (Fsp3) is 0.235. The van der Waals surface area contributed by atoms with E-state index in [9.17, 15) is 14.4 Å². The lowest BCUT2D eigenvalue weighted by molar-refractivity contribution is -0.118. The summed E-state index contributed by atoms with van der Waals surface area (Å²) in [5, 5.41) is 5.40. The van der Waals surface area contributed by atoms with Crippen LogP contribution < -0.4 is 15.4 Å². The molecule has 6 nitrogen and oxygen atoms in total. The smallest absolute Gasteiger partial charge is 0.262 e. The normalized spacial score (nSPS) is 12.8. The van der Waals surface area contributed by atoms with Crippen LogP contribution in [0.15, 0.2) is 30.3 Å². The molecule has 2 heterocycles. The van der Waals surface area contributed by atoms with Crippen molar-refractivity contribution in [3.05, 3.63) is 40.1 Å². The Bertz CT molecular complexity index is 813. The van der Waals surface area contributed by atoms with Crippen molar-refractivity contribution >= 4 is 40.3 Å². The molecule has 2 aromatic rings. The zero-order chi connectivity index (χ0) is 17.1. The second-order valence-corrected chi connectivity index (χ2v) is 6.72. The molecule has 2 amide bonds. The fourth-order valence-corrected chi connectivity index (χ4v) is 3.15. The van der Waals surface area contributed by atoms with Gasteiger partial charge in [0.15, 0.2) is 12.4 Å². The number of benzene rings is 1. The van der Waals surface area contributed by atoms with E-state index in [1.54, 1.807) is 24.3 Å². The molecule has 1 aromatic heterocycles. The van der Waals surface area contributed by atoms with Crippen molar-refractivity contribution in [1.82, 2.24) is 0 Å². The molecule has 0 saturated heterocycles. The Balaban J connectivity index is 1.56. The lowest BCUT2D eigenvalue weighted by Gasteiger charge is -2.18. The number of carbonyl (C=O) groups excluding carboxylic acids is 3. The molecule has 0 bridgehead atoms. The number of aryl methyl sites for hydroxylation is 1. The Morgan fingerprint density at radius 3 is 2.83 bits per heavy atom. The van der Waals surface area contributed by atoms with E-state index >= 15 is 0 Å². The number of amides is 2. The highest BCUT2D eigenvalue weighted by atomic mass is 32.1. The first-order valence-corrected chi connectivity index (χ1v) is 8.29. The van der Waals surface area contributed by atoms with E-state index < -0.39 is 0 Å². The zero-order valence-electron chi connectivity index (χ0n) is 13.0. The highest BCUT2D eigenvalue weighted by Crippen LogP contribution is 2.30. The van der Waals surface area contributed by atoms with E-state index in [-0.39, 0.29) is 37.0 Å². The zero-order valence-corrected chi connectivity index (χ0v) is 13.9. The van der Waals surface area contributed by atoms with Crippen LogP contribution >= 0.6 is 11.3 Å². The van der Waals surface area contributed by atoms with Gasteiger partial charge >= 0.3 is 0 Å². The SMILES string of the molecule is Cc1ccc(C(=O)CCC(=O)Nc2ccc3c(c2)NC(=O)CO3)s1. The number of Topliss-reactive ketones (excluding diaryl/α,β-unsaturated/α-hetero) is 1. The van der Waals surface area contributed by atoms with Gasteiger partial charge in [0.1, 0.15) is 5.75 Å². The molecule has 1 aliphatic heterocycles. The number of anilines is 2. The molecular weight excluding hydrogens is 328 g/mol. The minimum Gasteiger partial charge on any atom is -0.482 e. The summed E-state index contributed by atoms with van der Waals surface area (Å²) < 4.78 is 5.26. The summed E-state index contributed by atoms with van der Waals surface area (Å²) in [6, 6.07) is 8.69. The maximum Gasteiger partial charge on any atom is 0.262 e. The third-order valence-corrected chi connectivity index (χ3v) is 4.53. The number of thiophene rings is 1. The second kappa shape index (κ2) is 6.84. The summed E-state index contributed by atoms with van der Waals surface area (Å²) in [6.45, 7) is 1.93. The van der Waals surface area contributed by atoms with Crippen molar-refractivity contribution in [2.24, 2.45) is 0 Å². The Kier molecular flexibility index (Phi) is 4.61. The first-order chi connectivity index (χ1) is 11.5. The molecular formula is C17H16N2O4S. The fourth-order valence-electron chi connectivity index (χ4n) is 2.32. The molecule has 0 atom stereocenters. The number of nitrogens with one attached hydrogen (secondary N) is 2. The molecule has 0 spiro atoms. The van der Waals surface area contributed by atoms with Gasteiger partial charge in [-0.1, -0.05) is 0 Å². The highest BCUT2D eigenvalue weighted by molar-refractivity contribution is 7.14. The van der Waals surface area contributed by atoms with Crippen LogP contribution in [0.1, 0.15) is 27.4 Å². The standard InChI is InChI=1S/C17H16N2O4S/c1-10-2-6-15(24-10)13(20)4-7-16(21)18-11-3-5-14-12(8-11)19-17(22)9-23-14/h2-3,5-6,8H,4,7,9H2,1H3,(H,18,21)(H,19,22). The maximum absolute atomic E-state index is 12.0. The monoisotopic (exact) mass is 344 g/mol. The van der Waals surface area contributed by atoms with Gasteiger partial charge in [0.25, 0.3) is 5.91 Å². The minimum atomic E-state index is -0.250. The Labute approximate surface area is 142 Å².